The van der Waals surface area contributed by atoms with Crippen LogP contribution in [0.25, 0.3) is 0 Å². The Bertz CT molecular complexity index is 472. The largest absolute Gasteiger partial charge is 0.489 e. The molecule has 0 radical (unpaired) electrons. The summed E-state index contributed by atoms with van der Waals surface area (Å²) in [6.07, 6.45) is 0. The lowest BCUT2D eigenvalue weighted by molar-refractivity contribution is 0.0907. The first kappa shape index (κ1) is 13.7. The molecule has 0 spiro atoms. The van der Waals surface area contributed by atoms with Gasteiger partial charge in [-0.05, 0) is 12.1 Å². The van der Waals surface area contributed by atoms with E-state index in [1.165, 1.54) is 0 Å². The van der Waals surface area contributed by atoms with E-state index in [0.717, 1.165) is 12.2 Å². The summed E-state index contributed by atoms with van der Waals surface area (Å²) < 4.78 is 5.56. The zero-order valence-corrected chi connectivity index (χ0v) is 11.3. The highest BCUT2D eigenvalue weighted by Gasteiger charge is 2.22. The molecule has 104 valence electrons. The summed E-state index contributed by atoms with van der Waals surface area (Å²) in [4.78, 5) is 12.2. The second-order valence-electron chi connectivity index (χ2n) is 5.46. The Labute approximate surface area is 113 Å². The Kier molecular flexibility index (Phi) is 3.95. The maximum Gasteiger partial charge on any atom is 0.255 e. The lowest BCUT2D eigenvalue weighted by atomic mass is 9.95. The molecule has 3 N–H and O–H groups in total. The number of carbonyl (C=O) groups is 1. The molecule has 0 atom stereocenters. The number of fused-ring (bicyclic) bond motifs is 1. The zero-order chi connectivity index (χ0) is 13.9. The van der Waals surface area contributed by atoms with Gasteiger partial charge in [-0.2, -0.15) is 0 Å². The molecule has 1 aliphatic rings. The summed E-state index contributed by atoms with van der Waals surface area (Å²) >= 11 is 0. The quantitative estimate of drug-likeness (QED) is 0.765. The molecule has 5 heteroatoms. The number of aliphatic hydroxyl groups is 1. The van der Waals surface area contributed by atoms with Crippen LogP contribution < -0.4 is 15.4 Å². The normalized spacial score (nSPS) is 14.1. The van der Waals surface area contributed by atoms with Crippen molar-refractivity contribution in [1.29, 1.82) is 0 Å². The van der Waals surface area contributed by atoms with Gasteiger partial charge in [0.15, 0.2) is 5.75 Å². The van der Waals surface area contributed by atoms with Gasteiger partial charge in [0, 0.05) is 25.1 Å². The number of rotatable bonds is 4. The van der Waals surface area contributed by atoms with Gasteiger partial charge in [-0.25, -0.2) is 0 Å². The van der Waals surface area contributed by atoms with E-state index < -0.39 is 0 Å². The van der Waals surface area contributed by atoms with Gasteiger partial charge in [0.05, 0.1) is 11.3 Å². The minimum Gasteiger partial charge on any atom is -0.489 e. The van der Waals surface area contributed by atoms with Gasteiger partial charge >= 0.3 is 0 Å². The SMILES string of the molecule is CC(C)(CO)CNC(=O)c1cccc2c1OCCN2. The fourth-order valence-corrected chi connectivity index (χ4v) is 1.82. The van der Waals surface area contributed by atoms with Gasteiger partial charge in [0.2, 0.25) is 0 Å². The van der Waals surface area contributed by atoms with Crippen molar-refractivity contribution in [3.63, 3.8) is 0 Å². The smallest absolute Gasteiger partial charge is 0.255 e. The Balaban J connectivity index is 2.11. The molecule has 0 bridgehead atoms. The zero-order valence-electron chi connectivity index (χ0n) is 11.3. The summed E-state index contributed by atoms with van der Waals surface area (Å²) in [6.45, 7) is 5.53. The molecule has 2 rings (SSSR count). The molecule has 0 fully saturated rings. The fourth-order valence-electron chi connectivity index (χ4n) is 1.82. The number of ether oxygens (including phenoxy) is 1. The van der Waals surface area contributed by atoms with Gasteiger partial charge < -0.3 is 20.5 Å². The number of hydrogen-bond acceptors (Lipinski definition) is 4. The van der Waals surface area contributed by atoms with Crippen molar-refractivity contribution >= 4 is 11.6 Å². The summed E-state index contributed by atoms with van der Waals surface area (Å²) in [5.74, 6) is 0.426. The van der Waals surface area contributed by atoms with E-state index in [-0.39, 0.29) is 17.9 Å². The topological polar surface area (TPSA) is 70.6 Å². The average Bonchev–Trinajstić information content (AvgIpc) is 2.44. The van der Waals surface area contributed by atoms with Gasteiger partial charge in [0.25, 0.3) is 5.91 Å². The molecule has 1 aliphatic heterocycles. The molecule has 0 unspecified atom stereocenters. The summed E-state index contributed by atoms with van der Waals surface area (Å²) in [5.41, 5.74) is 1.04. The second-order valence-corrected chi connectivity index (χ2v) is 5.46. The standard InChI is InChI=1S/C14H20N2O3/c1-14(2,9-17)8-16-13(18)10-4-3-5-11-12(10)19-7-6-15-11/h3-5,15,17H,6-9H2,1-2H3,(H,16,18). The molecule has 1 amide bonds. The number of nitrogens with one attached hydrogen (secondary N) is 2. The number of amides is 1. The Morgan fingerprint density at radius 3 is 3.05 bits per heavy atom. The third-order valence-electron chi connectivity index (χ3n) is 3.08. The molecular formula is C14H20N2O3. The van der Waals surface area contributed by atoms with Crippen molar-refractivity contribution in [2.24, 2.45) is 5.41 Å². The molecule has 0 saturated carbocycles. The summed E-state index contributed by atoms with van der Waals surface area (Å²) in [5, 5.41) is 15.2. The van der Waals surface area contributed by atoms with Gasteiger partial charge in [-0.15, -0.1) is 0 Å². The van der Waals surface area contributed by atoms with Crippen molar-refractivity contribution in [2.75, 3.05) is 31.6 Å². The van der Waals surface area contributed by atoms with Crippen LogP contribution in [0.4, 0.5) is 5.69 Å². The van der Waals surface area contributed by atoms with E-state index in [0.29, 0.717) is 24.5 Å². The van der Waals surface area contributed by atoms with E-state index >= 15 is 0 Å². The first-order valence-electron chi connectivity index (χ1n) is 6.42. The lowest BCUT2D eigenvalue weighted by Crippen LogP contribution is -2.36. The van der Waals surface area contributed by atoms with E-state index in [2.05, 4.69) is 10.6 Å². The van der Waals surface area contributed by atoms with Gasteiger partial charge in [-0.1, -0.05) is 19.9 Å². The molecule has 0 aromatic heterocycles. The first-order chi connectivity index (χ1) is 9.03. The average molecular weight is 264 g/mol. The number of carbonyl (C=O) groups excluding carboxylic acids is 1. The summed E-state index contributed by atoms with van der Waals surface area (Å²) in [6, 6.07) is 5.46. The number of aliphatic hydroxyl groups excluding tert-OH is 1. The van der Waals surface area contributed by atoms with Crippen molar-refractivity contribution in [1.82, 2.24) is 5.32 Å². The maximum atomic E-state index is 12.2. The van der Waals surface area contributed by atoms with Crippen molar-refractivity contribution in [3.05, 3.63) is 23.8 Å². The Morgan fingerprint density at radius 2 is 2.32 bits per heavy atom. The van der Waals surface area contributed by atoms with Crippen LogP contribution in [0.5, 0.6) is 5.75 Å². The summed E-state index contributed by atoms with van der Waals surface area (Å²) in [7, 11) is 0. The number of hydrogen-bond donors (Lipinski definition) is 3. The van der Waals surface area contributed by atoms with Gasteiger partial charge in [-0.3, -0.25) is 4.79 Å². The highest BCUT2D eigenvalue weighted by Crippen LogP contribution is 2.31. The molecule has 1 aromatic carbocycles. The van der Waals surface area contributed by atoms with Crippen LogP contribution in [0.2, 0.25) is 0 Å². The van der Waals surface area contributed by atoms with Crippen LogP contribution in [0.3, 0.4) is 0 Å². The number of anilines is 1. The van der Waals surface area contributed by atoms with Crippen molar-refractivity contribution in [3.8, 4) is 5.75 Å². The van der Waals surface area contributed by atoms with Crippen molar-refractivity contribution < 1.29 is 14.6 Å². The molecule has 0 aliphatic carbocycles. The number of benzene rings is 1. The lowest BCUT2D eigenvalue weighted by Gasteiger charge is -2.24. The van der Waals surface area contributed by atoms with Crippen LogP contribution in [0.15, 0.2) is 18.2 Å². The van der Waals surface area contributed by atoms with Crippen LogP contribution in [-0.4, -0.2) is 37.3 Å². The van der Waals surface area contributed by atoms with E-state index in [4.69, 9.17) is 4.74 Å². The van der Waals surface area contributed by atoms with Crippen LogP contribution >= 0.6 is 0 Å². The molecule has 19 heavy (non-hydrogen) atoms. The Morgan fingerprint density at radius 1 is 1.53 bits per heavy atom. The molecular weight excluding hydrogens is 244 g/mol. The number of para-hydroxylation sites is 1. The second kappa shape index (κ2) is 5.48. The van der Waals surface area contributed by atoms with Gasteiger partial charge in [0.1, 0.15) is 6.61 Å². The van der Waals surface area contributed by atoms with Crippen molar-refractivity contribution in [2.45, 2.75) is 13.8 Å². The molecule has 1 heterocycles. The third kappa shape index (κ3) is 3.17. The van der Waals surface area contributed by atoms with E-state index in [1.807, 2.05) is 26.0 Å². The third-order valence-corrected chi connectivity index (χ3v) is 3.08. The molecule has 5 nitrogen and oxygen atoms in total. The van der Waals surface area contributed by atoms with Crippen LogP contribution in [0, 0.1) is 5.41 Å². The highest BCUT2D eigenvalue weighted by molar-refractivity contribution is 5.99. The monoisotopic (exact) mass is 264 g/mol. The highest BCUT2D eigenvalue weighted by atomic mass is 16.5. The molecule has 0 saturated heterocycles. The molecule has 1 aromatic rings. The maximum absolute atomic E-state index is 12.2. The first-order valence-corrected chi connectivity index (χ1v) is 6.42. The fraction of sp³-hybridized carbons (Fsp3) is 0.500. The minimum atomic E-state index is -0.330. The predicted molar refractivity (Wildman–Crippen MR) is 73.6 cm³/mol. The van der Waals surface area contributed by atoms with Crippen LogP contribution in [0.1, 0.15) is 24.2 Å². The van der Waals surface area contributed by atoms with Crippen LogP contribution in [-0.2, 0) is 0 Å². The predicted octanol–water partition coefficient (Wildman–Crippen LogP) is 1.24. The van der Waals surface area contributed by atoms with E-state index in [1.54, 1.807) is 6.07 Å². The minimum absolute atomic E-state index is 0.0260. The Hall–Kier alpha value is -1.75. The van der Waals surface area contributed by atoms with E-state index in [9.17, 15) is 9.90 Å².